The molecule has 1 heterocycles. The average Bonchev–Trinajstić information content (AvgIpc) is 2.41. The zero-order valence-corrected chi connectivity index (χ0v) is 11.4. The van der Waals surface area contributed by atoms with Crippen LogP contribution in [-0.4, -0.2) is 18.0 Å². The predicted molar refractivity (Wildman–Crippen MR) is 74.9 cm³/mol. The van der Waals surface area contributed by atoms with Crippen molar-refractivity contribution in [2.75, 3.05) is 12.4 Å². The average molecular weight is 277 g/mol. The maximum absolute atomic E-state index is 12.1. The van der Waals surface area contributed by atoms with Gasteiger partial charge in [0, 0.05) is 18.1 Å². The Bertz CT molecular complexity index is 614. The monoisotopic (exact) mass is 276 g/mol. The molecular weight excluding hydrogens is 264 g/mol. The highest BCUT2D eigenvalue weighted by atomic mass is 35.5. The number of benzene rings is 1. The van der Waals surface area contributed by atoms with Crippen LogP contribution in [0.5, 0.6) is 5.75 Å². The Labute approximate surface area is 116 Å². The number of carbonyl (C=O) groups is 1. The first kappa shape index (κ1) is 13.4. The van der Waals surface area contributed by atoms with Gasteiger partial charge in [-0.25, -0.2) is 0 Å². The second kappa shape index (κ2) is 5.71. The molecule has 2 aromatic rings. The van der Waals surface area contributed by atoms with E-state index in [9.17, 15) is 4.79 Å². The van der Waals surface area contributed by atoms with E-state index in [0.717, 1.165) is 11.3 Å². The van der Waals surface area contributed by atoms with E-state index in [2.05, 4.69) is 10.3 Å². The summed E-state index contributed by atoms with van der Waals surface area (Å²) in [5.41, 5.74) is 1.97. The van der Waals surface area contributed by atoms with Crippen LogP contribution in [0.15, 0.2) is 36.7 Å². The number of methoxy groups -OCH3 is 1. The van der Waals surface area contributed by atoms with Crippen molar-refractivity contribution in [1.82, 2.24) is 4.98 Å². The fourth-order valence-electron chi connectivity index (χ4n) is 1.64. The molecule has 0 atom stereocenters. The molecule has 1 amide bonds. The van der Waals surface area contributed by atoms with Crippen molar-refractivity contribution in [2.24, 2.45) is 0 Å². The normalized spacial score (nSPS) is 10.1. The van der Waals surface area contributed by atoms with Gasteiger partial charge in [0.05, 0.1) is 17.7 Å². The van der Waals surface area contributed by atoms with Gasteiger partial charge in [-0.05, 0) is 36.8 Å². The van der Waals surface area contributed by atoms with Crippen LogP contribution in [0, 0.1) is 6.92 Å². The number of hydrogen-bond donors (Lipinski definition) is 1. The minimum atomic E-state index is -0.286. The Balaban J connectivity index is 2.22. The Kier molecular flexibility index (Phi) is 4.02. The number of aromatic nitrogens is 1. The van der Waals surface area contributed by atoms with Crippen molar-refractivity contribution in [3.05, 3.63) is 52.8 Å². The lowest BCUT2D eigenvalue weighted by atomic mass is 10.1. The van der Waals surface area contributed by atoms with Gasteiger partial charge in [-0.2, -0.15) is 0 Å². The molecule has 2 rings (SSSR count). The van der Waals surface area contributed by atoms with Gasteiger partial charge in [0.1, 0.15) is 5.75 Å². The van der Waals surface area contributed by atoms with Crippen molar-refractivity contribution in [3.8, 4) is 5.75 Å². The lowest BCUT2D eigenvalue weighted by molar-refractivity contribution is 0.102. The fourth-order valence-corrected chi connectivity index (χ4v) is 1.83. The van der Waals surface area contributed by atoms with Crippen molar-refractivity contribution in [1.29, 1.82) is 0 Å². The zero-order valence-electron chi connectivity index (χ0n) is 10.6. The first-order chi connectivity index (χ1) is 9.11. The van der Waals surface area contributed by atoms with Crippen molar-refractivity contribution in [3.63, 3.8) is 0 Å². The van der Waals surface area contributed by atoms with Crippen LogP contribution < -0.4 is 10.1 Å². The van der Waals surface area contributed by atoms with E-state index in [1.165, 1.54) is 12.4 Å². The molecule has 19 heavy (non-hydrogen) atoms. The SMILES string of the molecule is COc1ccc(NC(=O)c2cnccc2Cl)c(C)c1. The predicted octanol–water partition coefficient (Wildman–Crippen LogP) is 3.30. The highest BCUT2D eigenvalue weighted by Crippen LogP contribution is 2.22. The summed E-state index contributed by atoms with van der Waals surface area (Å²) in [4.78, 5) is 16.0. The van der Waals surface area contributed by atoms with Gasteiger partial charge in [0.15, 0.2) is 0 Å². The van der Waals surface area contributed by atoms with E-state index in [4.69, 9.17) is 16.3 Å². The number of carbonyl (C=O) groups excluding carboxylic acids is 1. The van der Waals surface area contributed by atoms with E-state index >= 15 is 0 Å². The van der Waals surface area contributed by atoms with Gasteiger partial charge in [-0.1, -0.05) is 11.6 Å². The molecular formula is C14H13ClN2O2. The van der Waals surface area contributed by atoms with E-state index < -0.39 is 0 Å². The highest BCUT2D eigenvalue weighted by molar-refractivity contribution is 6.34. The Morgan fingerprint density at radius 3 is 2.79 bits per heavy atom. The molecule has 98 valence electrons. The van der Waals surface area contributed by atoms with E-state index in [1.54, 1.807) is 25.3 Å². The van der Waals surface area contributed by atoms with E-state index in [-0.39, 0.29) is 5.91 Å². The smallest absolute Gasteiger partial charge is 0.258 e. The third-order valence-electron chi connectivity index (χ3n) is 2.69. The number of pyridine rings is 1. The van der Waals surface area contributed by atoms with Crippen LogP contribution in [0.4, 0.5) is 5.69 Å². The summed E-state index contributed by atoms with van der Waals surface area (Å²) >= 11 is 5.95. The second-order valence-electron chi connectivity index (χ2n) is 3.99. The van der Waals surface area contributed by atoms with Gasteiger partial charge in [-0.3, -0.25) is 9.78 Å². The second-order valence-corrected chi connectivity index (χ2v) is 4.40. The molecule has 0 unspecified atom stereocenters. The van der Waals surface area contributed by atoms with Gasteiger partial charge >= 0.3 is 0 Å². The molecule has 0 aliphatic carbocycles. The summed E-state index contributed by atoms with van der Waals surface area (Å²) in [6, 6.07) is 7.00. The van der Waals surface area contributed by atoms with Gasteiger partial charge < -0.3 is 10.1 Å². The van der Waals surface area contributed by atoms with Crippen LogP contribution >= 0.6 is 11.6 Å². The van der Waals surface area contributed by atoms with Crippen molar-refractivity contribution in [2.45, 2.75) is 6.92 Å². The summed E-state index contributed by atoms with van der Waals surface area (Å²) in [5.74, 6) is 0.460. The summed E-state index contributed by atoms with van der Waals surface area (Å²) in [6.45, 7) is 1.89. The third-order valence-corrected chi connectivity index (χ3v) is 3.02. The maximum Gasteiger partial charge on any atom is 0.258 e. The summed E-state index contributed by atoms with van der Waals surface area (Å²) in [7, 11) is 1.60. The molecule has 1 aromatic carbocycles. The third kappa shape index (κ3) is 3.03. The van der Waals surface area contributed by atoms with Gasteiger partial charge in [0.2, 0.25) is 0 Å². The molecule has 0 saturated carbocycles. The topological polar surface area (TPSA) is 51.2 Å². The zero-order chi connectivity index (χ0) is 13.8. The molecule has 0 fully saturated rings. The molecule has 1 N–H and O–H groups in total. The number of anilines is 1. The number of amides is 1. The number of halogens is 1. The molecule has 5 heteroatoms. The summed E-state index contributed by atoms with van der Waals surface area (Å²) in [5, 5.41) is 3.17. The van der Waals surface area contributed by atoms with Crippen LogP contribution in [-0.2, 0) is 0 Å². The lowest BCUT2D eigenvalue weighted by Crippen LogP contribution is -2.13. The first-order valence-electron chi connectivity index (χ1n) is 5.67. The molecule has 0 aliphatic heterocycles. The molecule has 0 bridgehead atoms. The Morgan fingerprint density at radius 1 is 1.37 bits per heavy atom. The number of nitrogens with one attached hydrogen (secondary N) is 1. The van der Waals surface area contributed by atoms with E-state index in [0.29, 0.717) is 16.3 Å². The van der Waals surface area contributed by atoms with Crippen LogP contribution in [0.3, 0.4) is 0 Å². The summed E-state index contributed by atoms with van der Waals surface area (Å²) in [6.07, 6.45) is 2.98. The molecule has 0 saturated heterocycles. The van der Waals surface area contributed by atoms with Gasteiger partial charge in [0.25, 0.3) is 5.91 Å². The Morgan fingerprint density at radius 2 is 2.16 bits per heavy atom. The molecule has 0 aliphatic rings. The van der Waals surface area contributed by atoms with Gasteiger partial charge in [-0.15, -0.1) is 0 Å². The fraction of sp³-hybridized carbons (Fsp3) is 0.143. The number of ether oxygens (including phenoxy) is 1. The highest BCUT2D eigenvalue weighted by Gasteiger charge is 2.11. The van der Waals surface area contributed by atoms with Crippen LogP contribution in [0.1, 0.15) is 15.9 Å². The summed E-state index contributed by atoms with van der Waals surface area (Å²) < 4.78 is 5.11. The molecule has 4 nitrogen and oxygen atoms in total. The van der Waals surface area contributed by atoms with Crippen molar-refractivity contribution < 1.29 is 9.53 Å². The largest absolute Gasteiger partial charge is 0.497 e. The number of aryl methyl sites for hydroxylation is 1. The number of hydrogen-bond acceptors (Lipinski definition) is 3. The lowest BCUT2D eigenvalue weighted by Gasteiger charge is -2.10. The van der Waals surface area contributed by atoms with E-state index in [1.807, 2.05) is 13.0 Å². The Hall–Kier alpha value is -2.07. The molecule has 0 spiro atoms. The number of rotatable bonds is 3. The molecule has 0 radical (unpaired) electrons. The maximum atomic E-state index is 12.1. The van der Waals surface area contributed by atoms with Crippen LogP contribution in [0.2, 0.25) is 5.02 Å². The number of nitrogens with zero attached hydrogens (tertiary/aromatic N) is 1. The van der Waals surface area contributed by atoms with Crippen molar-refractivity contribution >= 4 is 23.2 Å². The standard InChI is InChI=1S/C14H13ClN2O2/c1-9-7-10(19-2)3-4-13(9)17-14(18)11-8-16-6-5-12(11)15/h3-8H,1-2H3,(H,17,18). The quantitative estimate of drug-likeness (QED) is 0.936. The first-order valence-corrected chi connectivity index (χ1v) is 6.05. The minimum Gasteiger partial charge on any atom is -0.497 e. The minimum absolute atomic E-state index is 0.286. The molecule has 1 aromatic heterocycles. The van der Waals surface area contributed by atoms with Crippen LogP contribution in [0.25, 0.3) is 0 Å².